The monoisotopic (exact) mass is 333 g/mol. The summed E-state index contributed by atoms with van der Waals surface area (Å²) in [6, 6.07) is 4.52. The Balaban J connectivity index is 2.39. The molecule has 0 fully saturated rings. The van der Waals surface area contributed by atoms with Crippen LogP contribution in [-0.2, 0) is 9.53 Å². The molecule has 1 aliphatic heterocycles. The van der Waals surface area contributed by atoms with Crippen molar-refractivity contribution in [3.05, 3.63) is 51.2 Å². The van der Waals surface area contributed by atoms with Gasteiger partial charge in [0.25, 0.3) is 5.69 Å². The number of esters is 1. The third-order valence-electron chi connectivity index (χ3n) is 3.45. The number of rotatable bonds is 5. The Morgan fingerprint density at radius 1 is 1.42 bits per heavy atom. The van der Waals surface area contributed by atoms with E-state index in [1.807, 2.05) is 13.8 Å². The molecule has 0 spiro atoms. The molecule has 8 heteroatoms. The Bertz CT molecular complexity index is 711. The first-order chi connectivity index (χ1) is 11.3. The molecule has 1 aromatic rings. The summed E-state index contributed by atoms with van der Waals surface area (Å²) in [4.78, 5) is 34.6. The van der Waals surface area contributed by atoms with Gasteiger partial charge in [-0.2, -0.15) is 0 Å². The van der Waals surface area contributed by atoms with Gasteiger partial charge in [0.15, 0.2) is 0 Å². The van der Waals surface area contributed by atoms with Gasteiger partial charge in [0.2, 0.25) is 0 Å². The highest BCUT2D eigenvalue weighted by Crippen LogP contribution is 2.29. The third kappa shape index (κ3) is 3.89. The molecule has 1 atom stereocenters. The first kappa shape index (κ1) is 17.5. The minimum atomic E-state index is -0.807. The number of urea groups is 1. The zero-order chi connectivity index (χ0) is 17.9. The minimum absolute atomic E-state index is 0.118. The predicted octanol–water partition coefficient (Wildman–Crippen LogP) is 2.42. The summed E-state index contributed by atoms with van der Waals surface area (Å²) >= 11 is 0. The maximum atomic E-state index is 12.4. The van der Waals surface area contributed by atoms with Crippen LogP contribution in [0.1, 0.15) is 32.4 Å². The van der Waals surface area contributed by atoms with Crippen LogP contribution in [0.5, 0.6) is 0 Å². The normalized spacial score (nSPS) is 17.3. The Morgan fingerprint density at radius 3 is 2.75 bits per heavy atom. The number of hydrogen-bond acceptors (Lipinski definition) is 5. The summed E-state index contributed by atoms with van der Waals surface area (Å²) in [6.07, 6.45) is 0. The van der Waals surface area contributed by atoms with E-state index in [1.54, 1.807) is 13.0 Å². The average molecular weight is 333 g/mol. The molecule has 0 saturated heterocycles. The number of ether oxygens (including phenoxy) is 1. The number of nitrogens with zero attached hydrogens (tertiary/aromatic N) is 1. The first-order valence-electron chi connectivity index (χ1n) is 7.49. The summed E-state index contributed by atoms with van der Waals surface area (Å²) in [5, 5.41) is 16.1. The van der Waals surface area contributed by atoms with E-state index >= 15 is 0 Å². The van der Waals surface area contributed by atoms with Crippen LogP contribution in [0.2, 0.25) is 0 Å². The van der Waals surface area contributed by atoms with E-state index < -0.39 is 23.0 Å². The van der Waals surface area contributed by atoms with Gasteiger partial charge in [0.1, 0.15) is 0 Å². The summed E-state index contributed by atoms with van der Waals surface area (Å²) in [7, 11) is 0. The molecule has 2 amide bonds. The lowest BCUT2D eigenvalue weighted by Gasteiger charge is -2.28. The fourth-order valence-corrected chi connectivity index (χ4v) is 2.35. The van der Waals surface area contributed by atoms with E-state index in [1.165, 1.54) is 18.2 Å². The van der Waals surface area contributed by atoms with E-state index in [2.05, 4.69) is 10.6 Å². The van der Waals surface area contributed by atoms with E-state index in [9.17, 15) is 19.7 Å². The molecule has 1 aliphatic rings. The van der Waals surface area contributed by atoms with Crippen molar-refractivity contribution in [3.63, 3.8) is 0 Å². The van der Waals surface area contributed by atoms with Gasteiger partial charge in [0, 0.05) is 17.8 Å². The van der Waals surface area contributed by atoms with E-state index in [0.717, 1.165) is 0 Å². The second-order valence-electron chi connectivity index (χ2n) is 5.91. The van der Waals surface area contributed by atoms with Gasteiger partial charge in [-0.1, -0.05) is 26.0 Å². The van der Waals surface area contributed by atoms with Crippen LogP contribution >= 0.6 is 0 Å². The Labute approximate surface area is 139 Å². The number of non-ortho nitro benzene ring substituents is 1. The zero-order valence-electron chi connectivity index (χ0n) is 13.7. The lowest BCUT2D eigenvalue weighted by molar-refractivity contribution is -0.384. The van der Waals surface area contributed by atoms with Crippen LogP contribution in [0.25, 0.3) is 0 Å². The number of amides is 2. The maximum absolute atomic E-state index is 12.4. The molecule has 1 heterocycles. The second-order valence-corrected chi connectivity index (χ2v) is 5.91. The highest BCUT2D eigenvalue weighted by Gasteiger charge is 2.32. The van der Waals surface area contributed by atoms with Crippen molar-refractivity contribution in [2.75, 3.05) is 6.61 Å². The SMILES string of the molecule is CC1=C(C(=O)OCC(C)C)[C@H](c2cccc([N+](=O)[O-])c2)NC(=O)N1. The lowest BCUT2D eigenvalue weighted by Crippen LogP contribution is -2.45. The molecule has 0 bridgehead atoms. The van der Waals surface area contributed by atoms with E-state index in [-0.39, 0.29) is 23.8 Å². The number of benzene rings is 1. The number of nitrogens with one attached hydrogen (secondary N) is 2. The fourth-order valence-electron chi connectivity index (χ4n) is 2.35. The van der Waals surface area contributed by atoms with Crippen LogP contribution in [-0.4, -0.2) is 23.5 Å². The molecule has 128 valence electrons. The van der Waals surface area contributed by atoms with Crippen molar-refractivity contribution in [2.45, 2.75) is 26.8 Å². The van der Waals surface area contributed by atoms with Crippen LogP contribution in [0, 0.1) is 16.0 Å². The maximum Gasteiger partial charge on any atom is 0.338 e. The summed E-state index contributed by atoms with van der Waals surface area (Å²) in [5.74, 6) is -0.400. The average Bonchev–Trinajstić information content (AvgIpc) is 2.52. The lowest BCUT2D eigenvalue weighted by atomic mass is 9.95. The summed E-state index contributed by atoms with van der Waals surface area (Å²) in [6.45, 7) is 5.65. The molecule has 2 N–H and O–H groups in total. The molecule has 0 saturated carbocycles. The van der Waals surface area contributed by atoms with Crippen LogP contribution < -0.4 is 10.6 Å². The van der Waals surface area contributed by atoms with Gasteiger partial charge < -0.3 is 15.4 Å². The topological polar surface area (TPSA) is 111 Å². The molecule has 0 radical (unpaired) electrons. The van der Waals surface area contributed by atoms with Gasteiger partial charge in [-0.05, 0) is 18.4 Å². The van der Waals surface area contributed by atoms with Crippen LogP contribution in [0.4, 0.5) is 10.5 Å². The Kier molecular flexibility index (Phi) is 5.18. The minimum Gasteiger partial charge on any atom is -0.462 e. The van der Waals surface area contributed by atoms with Gasteiger partial charge in [0.05, 0.1) is 23.1 Å². The molecular weight excluding hydrogens is 314 g/mol. The third-order valence-corrected chi connectivity index (χ3v) is 3.45. The molecule has 0 aromatic heterocycles. The van der Waals surface area contributed by atoms with Crippen molar-refractivity contribution < 1.29 is 19.2 Å². The van der Waals surface area contributed by atoms with Crippen molar-refractivity contribution in [1.29, 1.82) is 0 Å². The van der Waals surface area contributed by atoms with Gasteiger partial charge in [-0.25, -0.2) is 9.59 Å². The first-order valence-corrected chi connectivity index (χ1v) is 7.49. The number of carbonyl (C=O) groups excluding carboxylic acids is 2. The standard InChI is InChI=1S/C16H19N3O5/c1-9(2)8-24-15(20)13-10(3)17-16(21)18-14(13)11-5-4-6-12(7-11)19(22)23/h4-7,9,14H,8H2,1-3H3,(H2,17,18,21)/t14-/m0/s1. The van der Waals surface area contributed by atoms with Crippen LogP contribution in [0.15, 0.2) is 35.5 Å². The van der Waals surface area contributed by atoms with Crippen molar-refractivity contribution in [3.8, 4) is 0 Å². The number of allylic oxidation sites excluding steroid dienone is 1. The molecule has 0 aliphatic carbocycles. The molecule has 24 heavy (non-hydrogen) atoms. The van der Waals surface area contributed by atoms with Crippen LogP contribution in [0.3, 0.4) is 0 Å². The van der Waals surface area contributed by atoms with Gasteiger partial charge in [-0.3, -0.25) is 10.1 Å². The highest BCUT2D eigenvalue weighted by molar-refractivity contribution is 5.95. The molecule has 2 rings (SSSR count). The van der Waals surface area contributed by atoms with Crippen molar-refractivity contribution >= 4 is 17.7 Å². The van der Waals surface area contributed by atoms with Gasteiger partial charge in [-0.15, -0.1) is 0 Å². The summed E-state index contributed by atoms with van der Waals surface area (Å²) in [5.41, 5.74) is 0.919. The number of nitro benzene ring substituents is 1. The van der Waals surface area contributed by atoms with Crippen molar-refractivity contribution in [2.24, 2.45) is 5.92 Å². The largest absolute Gasteiger partial charge is 0.462 e. The number of nitro groups is 1. The molecule has 1 aromatic carbocycles. The van der Waals surface area contributed by atoms with E-state index in [4.69, 9.17) is 4.74 Å². The fraction of sp³-hybridized carbons (Fsp3) is 0.375. The number of hydrogen-bond donors (Lipinski definition) is 2. The number of carbonyl (C=O) groups is 2. The smallest absolute Gasteiger partial charge is 0.338 e. The Morgan fingerprint density at radius 2 is 2.12 bits per heavy atom. The quantitative estimate of drug-likeness (QED) is 0.488. The van der Waals surface area contributed by atoms with E-state index in [0.29, 0.717) is 11.3 Å². The zero-order valence-corrected chi connectivity index (χ0v) is 13.7. The molecule has 0 unspecified atom stereocenters. The highest BCUT2D eigenvalue weighted by atomic mass is 16.6. The van der Waals surface area contributed by atoms with Gasteiger partial charge >= 0.3 is 12.0 Å². The predicted molar refractivity (Wildman–Crippen MR) is 86.0 cm³/mol. The molecular formula is C16H19N3O5. The second kappa shape index (κ2) is 7.12. The summed E-state index contributed by atoms with van der Waals surface area (Å²) < 4.78 is 5.26. The molecule has 8 nitrogen and oxygen atoms in total. The van der Waals surface area contributed by atoms with Crippen molar-refractivity contribution in [1.82, 2.24) is 10.6 Å². The Hall–Kier alpha value is -2.90.